The molecule has 4 heterocycles. The molecule has 7 nitrogen and oxygen atoms in total. The average Bonchev–Trinajstić information content (AvgIpc) is 3.28. The molecule has 2 aromatic carbocycles. The zero-order valence-corrected chi connectivity index (χ0v) is 23.8. The number of nitrogens with zero attached hydrogens (tertiary/aromatic N) is 6. The SMILES string of the molecule is C=C1CCc2cc(C3=NC(F)=C(C4C5CC5c5nc(-c6cc(Cl)ccc6-n6cc(C(F)(F)F)nn6)cc(=O)n54)C3)ccc2C1. The number of aliphatic imine (C=N–C) groups is 1. The maximum Gasteiger partial charge on any atom is 0.436 e. The summed E-state index contributed by atoms with van der Waals surface area (Å²) < 4.78 is 57.7. The Morgan fingerprint density at radius 2 is 1.86 bits per heavy atom. The Morgan fingerprint density at radius 3 is 2.66 bits per heavy atom. The van der Waals surface area contributed by atoms with Crippen LogP contribution in [0.2, 0.25) is 5.02 Å². The quantitative estimate of drug-likeness (QED) is 0.141. The molecule has 0 bridgehead atoms. The minimum atomic E-state index is -4.67. The van der Waals surface area contributed by atoms with Gasteiger partial charge in [-0.25, -0.2) is 14.7 Å². The van der Waals surface area contributed by atoms with Crippen LogP contribution in [0, 0.1) is 5.92 Å². The lowest BCUT2D eigenvalue weighted by atomic mass is 9.86. The first-order valence-electron chi connectivity index (χ1n) is 14.2. The predicted octanol–water partition coefficient (Wildman–Crippen LogP) is 6.94. The lowest BCUT2D eigenvalue weighted by Gasteiger charge is -2.20. The molecule has 1 saturated carbocycles. The first kappa shape index (κ1) is 27.2. The molecule has 4 aliphatic rings. The van der Waals surface area contributed by atoms with Crippen LogP contribution in [0.4, 0.5) is 17.6 Å². The Balaban J connectivity index is 1.13. The minimum Gasteiger partial charge on any atom is -0.289 e. The van der Waals surface area contributed by atoms with Gasteiger partial charge >= 0.3 is 6.18 Å². The molecule has 0 spiro atoms. The molecule has 3 unspecified atom stereocenters. The summed E-state index contributed by atoms with van der Waals surface area (Å²) in [6.07, 6.45) is -0.174. The lowest BCUT2D eigenvalue weighted by Crippen LogP contribution is -2.27. The molecule has 0 saturated heterocycles. The Hall–Kier alpha value is -4.38. The van der Waals surface area contributed by atoms with E-state index in [0.717, 1.165) is 42.1 Å². The van der Waals surface area contributed by atoms with Crippen molar-refractivity contribution in [3.63, 3.8) is 0 Å². The van der Waals surface area contributed by atoms with Crippen LogP contribution >= 0.6 is 11.6 Å². The van der Waals surface area contributed by atoms with Gasteiger partial charge in [-0.2, -0.15) is 17.6 Å². The Kier molecular flexibility index (Phi) is 5.91. The maximum atomic E-state index is 15.5. The fourth-order valence-corrected chi connectivity index (χ4v) is 7.01. The van der Waals surface area contributed by atoms with Crippen LogP contribution in [-0.4, -0.2) is 30.3 Å². The fraction of sp³-hybridized carbons (Fsp3) is 0.281. The van der Waals surface area contributed by atoms with Gasteiger partial charge in [0.05, 0.1) is 29.3 Å². The average molecular weight is 619 g/mol. The number of aromatic nitrogens is 5. The van der Waals surface area contributed by atoms with Crippen LogP contribution < -0.4 is 5.56 Å². The van der Waals surface area contributed by atoms with E-state index in [0.29, 0.717) is 34.1 Å². The van der Waals surface area contributed by atoms with Gasteiger partial charge in [0.25, 0.3) is 5.56 Å². The molecule has 2 aliphatic carbocycles. The second kappa shape index (κ2) is 9.56. The highest BCUT2D eigenvalue weighted by Gasteiger charge is 2.56. The highest BCUT2D eigenvalue weighted by molar-refractivity contribution is 6.31. The third-order valence-corrected chi connectivity index (χ3v) is 9.28. The standard InChI is InChI=1S/C32H23ClF4N6O/c1-15-2-3-17-9-18(5-4-16(17)8-15)24-12-23(30(34)38-24)29-20-11-21(20)31-39-25(13-28(44)43(29)31)22-10-19(33)6-7-26(22)42-14-27(40-41-42)32(35,36)37/h4-7,9-10,13-14,20-21,29H,1-3,8,11-12H2. The van der Waals surface area contributed by atoms with Gasteiger partial charge in [-0.15, -0.1) is 5.10 Å². The third kappa shape index (κ3) is 4.36. The number of hydrogen-bond donors (Lipinski definition) is 0. The number of rotatable bonds is 4. The van der Waals surface area contributed by atoms with Crippen molar-refractivity contribution >= 4 is 17.3 Å². The summed E-state index contributed by atoms with van der Waals surface area (Å²) in [5.74, 6) is -0.0708. The number of fused-ring (bicyclic) bond motifs is 4. The van der Waals surface area contributed by atoms with Gasteiger partial charge in [0, 0.05) is 34.6 Å². The minimum absolute atomic E-state index is 0.0128. The van der Waals surface area contributed by atoms with E-state index in [9.17, 15) is 18.0 Å². The summed E-state index contributed by atoms with van der Waals surface area (Å²) >= 11 is 6.26. The van der Waals surface area contributed by atoms with Crippen LogP contribution in [0.5, 0.6) is 0 Å². The van der Waals surface area contributed by atoms with E-state index in [4.69, 9.17) is 16.6 Å². The Morgan fingerprint density at radius 1 is 1.02 bits per heavy atom. The highest BCUT2D eigenvalue weighted by Crippen LogP contribution is 2.61. The van der Waals surface area contributed by atoms with Crippen LogP contribution in [0.25, 0.3) is 16.9 Å². The van der Waals surface area contributed by atoms with E-state index >= 15 is 4.39 Å². The maximum absolute atomic E-state index is 15.5. The van der Waals surface area contributed by atoms with Gasteiger partial charge < -0.3 is 0 Å². The molecular weight excluding hydrogens is 596 g/mol. The van der Waals surface area contributed by atoms with Crippen molar-refractivity contribution in [1.82, 2.24) is 24.5 Å². The molecule has 2 aliphatic heterocycles. The van der Waals surface area contributed by atoms with E-state index < -0.39 is 23.9 Å². The monoisotopic (exact) mass is 618 g/mol. The summed E-state index contributed by atoms with van der Waals surface area (Å²) in [5.41, 5.74) is 4.93. The smallest absolute Gasteiger partial charge is 0.289 e. The van der Waals surface area contributed by atoms with E-state index in [2.05, 4.69) is 34.0 Å². The number of alkyl halides is 3. The largest absolute Gasteiger partial charge is 0.436 e. The second-order valence-corrected chi connectivity index (χ2v) is 12.3. The molecule has 222 valence electrons. The molecule has 0 radical (unpaired) electrons. The van der Waals surface area contributed by atoms with E-state index in [1.807, 2.05) is 6.07 Å². The zero-order chi connectivity index (χ0) is 30.5. The number of halogens is 5. The van der Waals surface area contributed by atoms with Gasteiger partial charge in [0.1, 0.15) is 5.82 Å². The first-order valence-corrected chi connectivity index (χ1v) is 14.6. The zero-order valence-electron chi connectivity index (χ0n) is 23.1. The lowest BCUT2D eigenvalue weighted by molar-refractivity contribution is -0.141. The van der Waals surface area contributed by atoms with Gasteiger partial charge in [-0.05, 0) is 72.6 Å². The molecule has 4 aromatic rings. The van der Waals surface area contributed by atoms with Crippen molar-refractivity contribution in [2.24, 2.45) is 10.9 Å². The number of allylic oxidation sites excluding steroid dienone is 2. The van der Waals surface area contributed by atoms with Crippen molar-refractivity contribution in [2.75, 3.05) is 0 Å². The molecule has 0 amide bonds. The Bertz CT molecular complexity index is 2040. The highest BCUT2D eigenvalue weighted by atomic mass is 35.5. The summed E-state index contributed by atoms with van der Waals surface area (Å²) in [5, 5.41) is 7.19. The molecule has 1 fully saturated rings. The second-order valence-electron chi connectivity index (χ2n) is 11.8. The van der Waals surface area contributed by atoms with E-state index in [-0.39, 0.29) is 28.8 Å². The van der Waals surface area contributed by atoms with Gasteiger partial charge in [0.2, 0.25) is 5.95 Å². The van der Waals surface area contributed by atoms with Gasteiger partial charge in [-0.1, -0.05) is 41.1 Å². The number of aryl methyl sites for hydroxylation is 1. The molecule has 3 atom stereocenters. The fourth-order valence-electron chi connectivity index (χ4n) is 6.84. The summed E-state index contributed by atoms with van der Waals surface area (Å²) in [7, 11) is 0. The van der Waals surface area contributed by atoms with Crippen molar-refractivity contribution in [3.05, 3.63) is 116 Å². The number of benzene rings is 2. The van der Waals surface area contributed by atoms with Gasteiger partial charge in [0.15, 0.2) is 5.69 Å². The van der Waals surface area contributed by atoms with Crippen molar-refractivity contribution in [1.29, 1.82) is 0 Å². The molecule has 44 heavy (non-hydrogen) atoms. The summed E-state index contributed by atoms with van der Waals surface area (Å²) in [6.45, 7) is 4.10. The topological polar surface area (TPSA) is 78.0 Å². The molecule has 0 N–H and O–H groups in total. The van der Waals surface area contributed by atoms with Crippen molar-refractivity contribution < 1.29 is 17.6 Å². The third-order valence-electron chi connectivity index (χ3n) is 9.04. The van der Waals surface area contributed by atoms with Crippen LogP contribution in [-0.2, 0) is 19.0 Å². The van der Waals surface area contributed by atoms with Crippen LogP contribution in [0.3, 0.4) is 0 Å². The number of hydrogen-bond acceptors (Lipinski definition) is 5. The summed E-state index contributed by atoms with van der Waals surface area (Å²) in [4.78, 5) is 22.8. The van der Waals surface area contributed by atoms with E-state index in [1.54, 1.807) is 4.57 Å². The van der Waals surface area contributed by atoms with Crippen LogP contribution in [0.1, 0.15) is 59.4 Å². The summed E-state index contributed by atoms with van der Waals surface area (Å²) in [6, 6.07) is 11.5. The predicted molar refractivity (Wildman–Crippen MR) is 156 cm³/mol. The molecule has 2 aromatic heterocycles. The normalized spacial score (nSPS) is 22.2. The molecule has 8 rings (SSSR count). The van der Waals surface area contributed by atoms with Crippen molar-refractivity contribution in [2.45, 2.75) is 50.2 Å². The van der Waals surface area contributed by atoms with Gasteiger partial charge in [-0.3, -0.25) is 9.36 Å². The molecular formula is C32H23ClF4N6O. The van der Waals surface area contributed by atoms with Crippen molar-refractivity contribution in [3.8, 4) is 16.9 Å². The first-order chi connectivity index (χ1) is 21.0. The Labute approximate surface area is 253 Å². The van der Waals surface area contributed by atoms with Crippen LogP contribution in [0.15, 0.2) is 82.1 Å². The van der Waals surface area contributed by atoms with E-state index in [1.165, 1.54) is 41.0 Å². The molecule has 12 heteroatoms.